The molecule has 114 valence electrons. The van der Waals surface area contributed by atoms with Crippen LogP contribution in [-0.2, 0) is 16.8 Å². The van der Waals surface area contributed by atoms with E-state index in [9.17, 15) is 0 Å². The van der Waals surface area contributed by atoms with Gasteiger partial charge in [-0.1, -0.05) is 31.1 Å². The molecule has 0 aliphatic rings. The van der Waals surface area contributed by atoms with Gasteiger partial charge in [-0.2, -0.15) is 4.98 Å². The zero-order chi connectivity index (χ0) is 15.3. The van der Waals surface area contributed by atoms with Crippen LogP contribution in [0.25, 0.3) is 11.5 Å². The minimum Gasteiger partial charge on any atom is -0.370 e. The first kappa shape index (κ1) is 15.7. The van der Waals surface area contributed by atoms with Crippen LogP contribution in [-0.4, -0.2) is 23.8 Å². The lowest BCUT2D eigenvalue weighted by Crippen LogP contribution is -2.28. The van der Waals surface area contributed by atoms with Crippen LogP contribution in [0.3, 0.4) is 0 Å². The Hall–Kier alpha value is -1.72. The molecule has 1 heterocycles. The Morgan fingerprint density at radius 2 is 2.05 bits per heavy atom. The highest BCUT2D eigenvalue weighted by Gasteiger charge is 2.33. The first-order valence-electron chi connectivity index (χ1n) is 7.37. The number of nitrogens with zero attached hydrogens (tertiary/aromatic N) is 2. The summed E-state index contributed by atoms with van der Waals surface area (Å²) in [4.78, 5) is 4.53. The van der Waals surface area contributed by atoms with E-state index < -0.39 is 5.60 Å². The van der Waals surface area contributed by atoms with Crippen LogP contribution in [0.15, 0.2) is 28.8 Å². The molecule has 0 bridgehead atoms. The van der Waals surface area contributed by atoms with Crippen molar-refractivity contribution >= 4 is 0 Å². The Bertz CT molecular complexity index is 568. The molecule has 1 aromatic heterocycles. The molecule has 2 aromatic rings. The van der Waals surface area contributed by atoms with Gasteiger partial charge < -0.3 is 15.0 Å². The fourth-order valence-electron chi connectivity index (χ4n) is 2.50. The van der Waals surface area contributed by atoms with E-state index in [0.717, 1.165) is 24.8 Å². The van der Waals surface area contributed by atoms with Crippen LogP contribution in [0, 0.1) is 0 Å². The van der Waals surface area contributed by atoms with Gasteiger partial charge in [-0.05, 0) is 43.5 Å². The molecule has 0 amide bonds. The number of rotatable bonds is 7. The maximum absolute atomic E-state index is 5.63. The number of benzene rings is 1. The summed E-state index contributed by atoms with van der Waals surface area (Å²) < 4.78 is 11.1. The molecule has 5 nitrogen and oxygen atoms in total. The summed E-state index contributed by atoms with van der Waals surface area (Å²) in [6.45, 7) is 4.74. The fourth-order valence-corrected chi connectivity index (χ4v) is 2.50. The summed E-state index contributed by atoms with van der Waals surface area (Å²) in [6.07, 6.45) is 2.43. The number of methoxy groups -OCH3 is 1. The molecule has 0 radical (unpaired) electrons. The Morgan fingerprint density at radius 1 is 1.29 bits per heavy atom. The van der Waals surface area contributed by atoms with Gasteiger partial charge in [0.15, 0.2) is 0 Å². The summed E-state index contributed by atoms with van der Waals surface area (Å²) in [7, 11) is 1.69. The van der Waals surface area contributed by atoms with Crippen molar-refractivity contribution in [2.75, 3.05) is 13.7 Å². The molecular weight excluding hydrogens is 266 g/mol. The van der Waals surface area contributed by atoms with Crippen molar-refractivity contribution in [2.45, 2.75) is 38.7 Å². The van der Waals surface area contributed by atoms with E-state index in [1.54, 1.807) is 7.11 Å². The maximum atomic E-state index is 5.63. The number of nitrogens with two attached hydrogens (primary N) is 1. The summed E-state index contributed by atoms with van der Waals surface area (Å²) in [5.41, 5.74) is 7.20. The molecule has 0 fully saturated rings. The molecule has 0 atom stereocenters. The Morgan fingerprint density at radius 3 is 2.67 bits per heavy atom. The zero-order valence-corrected chi connectivity index (χ0v) is 12.9. The van der Waals surface area contributed by atoms with E-state index in [-0.39, 0.29) is 0 Å². The lowest BCUT2D eigenvalue weighted by molar-refractivity contribution is -0.0306. The molecule has 0 aliphatic carbocycles. The molecular formula is C16H23N3O2. The van der Waals surface area contributed by atoms with Crippen LogP contribution in [0.5, 0.6) is 0 Å². The van der Waals surface area contributed by atoms with Gasteiger partial charge in [0.1, 0.15) is 5.60 Å². The average Bonchev–Trinajstić information content (AvgIpc) is 3.01. The van der Waals surface area contributed by atoms with Gasteiger partial charge in [-0.3, -0.25) is 0 Å². The third kappa shape index (κ3) is 3.14. The van der Waals surface area contributed by atoms with Gasteiger partial charge >= 0.3 is 0 Å². The molecule has 2 rings (SSSR count). The highest BCUT2D eigenvalue weighted by molar-refractivity contribution is 5.54. The first-order valence-corrected chi connectivity index (χ1v) is 7.37. The third-order valence-corrected chi connectivity index (χ3v) is 3.97. The largest absolute Gasteiger partial charge is 0.370 e. The lowest BCUT2D eigenvalue weighted by atomic mass is 9.96. The van der Waals surface area contributed by atoms with Crippen molar-refractivity contribution in [3.63, 3.8) is 0 Å². The first-order chi connectivity index (χ1) is 10.2. The molecule has 21 heavy (non-hydrogen) atoms. The monoisotopic (exact) mass is 289 g/mol. The molecule has 2 N–H and O–H groups in total. The number of ether oxygens (including phenoxy) is 1. The standard InChI is InChI=1S/C16H23N3O2/c1-4-16(5-2,20-3)15-18-14(21-19-15)13-8-6-7-12(11-13)9-10-17/h6-8,11H,4-5,9-10,17H2,1-3H3. The van der Waals surface area contributed by atoms with Crippen molar-refractivity contribution in [2.24, 2.45) is 5.73 Å². The topological polar surface area (TPSA) is 74.2 Å². The summed E-state index contributed by atoms with van der Waals surface area (Å²) in [5.74, 6) is 1.13. The van der Waals surface area contributed by atoms with E-state index in [2.05, 4.69) is 24.0 Å². The van der Waals surface area contributed by atoms with E-state index >= 15 is 0 Å². The van der Waals surface area contributed by atoms with Crippen LogP contribution in [0.2, 0.25) is 0 Å². The predicted octanol–water partition coefficient (Wildman–Crippen LogP) is 2.90. The smallest absolute Gasteiger partial charge is 0.258 e. The van der Waals surface area contributed by atoms with Crippen molar-refractivity contribution in [1.29, 1.82) is 0 Å². The zero-order valence-electron chi connectivity index (χ0n) is 12.9. The summed E-state index contributed by atoms with van der Waals surface area (Å²) in [5, 5.41) is 4.12. The quantitative estimate of drug-likeness (QED) is 0.848. The van der Waals surface area contributed by atoms with Gasteiger partial charge in [0.25, 0.3) is 5.89 Å². The molecule has 0 aliphatic heterocycles. The normalized spacial score (nSPS) is 11.8. The Balaban J connectivity index is 2.33. The highest BCUT2D eigenvalue weighted by Crippen LogP contribution is 2.31. The summed E-state index contributed by atoms with van der Waals surface area (Å²) >= 11 is 0. The van der Waals surface area contributed by atoms with Crippen molar-refractivity contribution in [3.8, 4) is 11.5 Å². The molecule has 0 spiro atoms. The van der Waals surface area contributed by atoms with E-state index in [1.807, 2.05) is 24.3 Å². The van der Waals surface area contributed by atoms with Crippen molar-refractivity contribution < 1.29 is 9.26 Å². The molecule has 1 aromatic carbocycles. The second kappa shape index (κ2) is 6.83. The minimum atomic E-state index is -0.476. The fraction of sp³-hybridized carbons (Fsp3) is 0.500. The van der Waals surface area contributed by atoms with Gasteiger partial charge in [0.05, 0.1) is 0 Å². The van der Waals surface area contributed by atoms with Crippen LogP contribution < -0.4 is 5.73 Å². The number of hydrogen-bond acceptors (Lipinski definition) is 5. The van der Waals surface area contributed by atoms with Crippen molar-refractivity contribution in [3.05, 3.63) is 35.7 Å². The molecule has 0 saturated heterocycles. The maximum Gasteiger partial charge on any atom is 0.258 e. The van der Waals surface area contributed by atoms with E-state index in [0.29, 0.717) is 18.3 Å². The number of aromatic nitrogens is 2. The number of hydrogen-bond donors (Lipinski definition) is 1. The average molecular weight is 289 g/mol. The molecule has 0 saturated carbocycles. The van der Waals surface area contributed by atoms with Crippen LogP contribution in [0.4, 0.5) is 0 Å². The Labute approximate surface area is 125 Å². The van der Waals surface area contributed by atoms with Gasteiger partial charge in [0, 0.05) is 12.7 Å². The second-order valence-electron chi connectivity index (χ2n) is 5.07. The van der Waals surface area contributed by atoms with Gasteiger partial charge in [-0.15, -0.1) is 0 Å². The van der Waals surface area contributed by atoms with E-state index in [4.69, 9.17) is 15.0 Å². The van der Waals surface area contributed by atoms with Gasteiger partial charge in [0.2, 0.25) is 5.82 Å². The van der Waals surface area contributed by atoms with Gasteiger partial charge in [-0.25, -0.2) is 0 Å². The SMILES string of the molecule is CCC(CC)(OC)c1noc(-c2cccc(CCN)c2)n1. The predicted molar refractivity (Wildman–Crippen MR) is 81.8 cm³/mol. The summed E-state index contributed by atoms with van der Waals surface area (Å²) in [6, 6.07) is 8.03. The van der Waals surface area contributed by atoms with Crippen molar-refractivity contribution in [1.82, 2.24) is 10.1 Å². The Kier molecular flexibility index (Phi) is 5.09. The highest BCUT2D eigenvalue weighted by atomic mass is 16.5. The van der Waals surface area contributed by atoms with Crippen LogP contribution >= 0.6 is 0 Å². The molecule has 0 unspecified atom stereocenters. The van der Waals surface area contributed by atoms with E-state index in [1.165, 1.54) is 5.56 Å². The minimum absolute atomic E-state index is 0.476. The molecule has 5 heteroatoms. The van der Waals surface area contributed by atoms with Crippen LogP contribution in [0.1, 0.15) is 38.1 Å². The second-order valence-corrected chi connectivity index (χ2v) is 5.07. The lowest BCUT2D eigenvalue weighted by Gasteiger charge is -2.25. The third-order valence-electron chi connectivity index (χ3n) is 3.97.